The van der Waals surface area contributed by atoms with E-state index >= 15 is 0 Å². The molecule has 4 rings (SSSR count). The van der Waals surface area contributed by atoms with Crippen molar-refractivity contribution in [2.75, 3.05) is 26.4 Å². The molecule has 4 amide bonds. The summed E-state index contributed by atoms with van der Waals surface area (Å²) in [6.45, 7) is 12.7. The van der Waals surface area contributed by atoms with E-state index in [0.717, 1.165) is 5.06 Å². The summed E-state index contributed by atoms with van der Waals surface area (Å²) >= 11 is 0. The van der Waals surface area contributed by atoms with Gasteiger partial charge in [0.25, 0.3) is 23.6 Å². The first-order valence-corrected chi connectivity index (χ1v) is 12.3. The highest BCUT2D eigenvalue weighted by Gasteiger charge is 2.36. The van der Waals surface area contributed by atoms with Crippen LogP contribution in [0.2, 0.25) is 0 Å². The number of carbonyl (C=O) groups is 4. The number of hydrogen-bond acceptors (Lipinski definition) is 9. The standard InChI is InChI=1S/C14H17NO4.C8H5NO3.C6H14O2.CH4/c1-14(2,3)18-8-9-19-15-12(16)10-6-4-5-7-11(10)13(15)17;10-7-5-3-1-2-4-6(5)8(11)9(7)12;1-6(2,3)8-5-4-7;/h4-7H,8-9H2,1-3H3;1-4,12H;7H,4-5H2,1-3H3;1H4. The van der Waals surface area contributed by atoms with Crippen molar-refractivity contribution in [3.63, 3.8) is 0 Å². The number of nitrogens with zero attached hydrogens (tertiary/aromatic N) is 2. The molecule has 2 aliphatic heterocycles. The van der Waals surface area contributed by atoms with Crippen molar-refractivity contribution in [1.29, 1.82) is 0 Å². The molecule has 0 unspecified atom stereocenters. The van der Waals surface area contributed by atoms with E-state index in [1.54, 1.807) is 36.4 Å². The Kier molecular flexibility index (Phi) is 12.8. The Morgan fingerprint density at radius 1 is 0.625 bits per heavy atom. The van der Waals surface area contributed by atoms with E-state index in [2.05, 4.69) is 0 Å². The molecule has 2 heterocycles. The molecule has 0 radical (unpaired) electrons. The van der Waals surface area contributed by atoms with Gasteiger partial charge in [-0.3, -0.25) is 29.2 Å². The fourth-order valence-electron chi connectivity index (χ4n) is 3.29. The zero-order valence-electron chi connectivity index (χ0n) is 23.1. The summed E-state index contributed by atoms with van der Waals surface area (Å²) in [5, 5.41) is 18.2. The van der Waals surface area contributed by atoms with Gasteiger partial charge in [-0.1, -0.05) is 31.7 Å². The second kappa shape index (κ2) is 14.8. The molecule has 2 aliphatic rings. The smallest absolute Gasteiger partial charge is 0.285 e. The maximum atomic E-state index is 11.9. The zero-order valence-corrected chi connectivity index (χ0v) is 23.1. The van der Waals surface area contributed by atoms with E-state index in [-0.39, 0.29) is 48.0 Å². The van der Waals surface area contributed by atoms with Crippen LogP contribution in [0, 0.1) is 0 Å². The van der Waals surface area contributed by atoms with Gasteiger partial charge < -0.3 is 14.6 Å². The van der Waals surface area contributed by atoms with Crippen molar-refractivity contribution < 1.29 is 43.8 Å². The minimum atomic E-state index is -0.657. The molecular weight excluding hydrogens is 520 g/mol. The summed E-state index contributed by atoms with van der Waals surface area (Å²) in [6, 6.07) is 13.0. The first-order chi connectivity index (χ1) is 18.2. The van der Waals surface area contributed by atoms with Crippen LogP contribution in [0.3, 0.4) is 0 Å². The van der Waals surface area contributed by atoms with E-state index in [4.69, 9.17) is 24.6 Å². The fourth-order valence-corrected chi connectivity index (χ4v) is 3.29. The average molecular weight is 561 g/mol. The van der Waals surface area contributed by atoms with Crippen LogP contribution >= 0.6 is 0 Å². The molecule has 0 atom stereocenters. The number of ether oxygens (including phenoxy) is 2. The van der Waals surface area contributed by atoms with Gasteiger partial charge in [0, 0.05) is 0 Å². The lowest BCUT2D eigenvalue weighted by atomic mass is 10.1. The van der Waals surface area contributed by atoms with Gasteiger partial charge in [0.15, 0.2) is 0 Å². The van der Waals surface area contributed by atoms with Crippen LogP contribution in [0.25, 0.3) is 0 Å². The minimum Gasteiger partial charge on any atom is -0.394 e. The van der Waals surface area contributed by atoms with E-state index in [1.807, 2.05) is 41.5 Å². The number of carbonyl (C=O) groups excluding carboxylic acids is 4. The highest BCUT2D eigenvalue weighted by molar-refractivity contribution is 6.21. The van der Waals surface area contributed by atoms with E-state index in [1.165, 1.54) is 12.1 Å². The molecular formula is C29H40N2O9. The van der Waals surface area contributed by atoms with Gasteiger partial charge in [0.05, 0.1) is 59.9 Å². The number of aliphatic hydroxyl groups excluding tert-OH is 1. The van der Waals surface area contributed by atoms with E-state index in [9.17, 15) is 19.2 Å². The molecule has 2 aromatic carbocycles. The molecule has 220 valence electrons. The summed E-state index contributed by atoms with van der Waals surface area (Å²) in [5.41, 5.74) is 0.886. The SMILES string of the molecule is C.CC(C)(C)OCCO.CC(C)(C)OCCON1C(=O)c2ccccc2C1=O.O=C1c2ccccc2C(=O)N1O. The Morgan fingerprint density at radius 3 is 1.30 bits per heavy atom. The van der Waals surface area contributed by atoms with E-state index < -0.39 is 23.6 Å². The Labute approximate surface area is 235 Å². The van der Waals surface area contributed by atoms with Gasteiger partial charge in [-0.05, 0) is 65.8 Å². The normalized spacial score (nSPS) is 14.1. The number of hydroxylamine groups is 4. The van der Waals surface area contributed by atoms with Crippen LogP contribution in [0.4, 0.5) is 0 Å². The van der Waals surface area contributed by atoms with Crippen molar-refractivity contribution in [2.24, 2.45) is 0 Å². The molecule has 2 aromatic rings. The quantitative estimate of drug-likeness (QED) is 0.303. The third-order valence-electron chi connectivity index (χ3n) is 4.99. The molecule has 0 fully saturated rings. The number of amides is 4. The zero-order chi connectivity index (χ0) is 29.4. The van der Waals surface area contributed by atoms with Crippen molar-refractivity contribution in [3.05, 3.63) is 70.8 Å². The van der Waals surface area contributed by atoms with Gasteiger partial charge in [-0.15, -0.1) is 10.1 Å². The summed E-state index contributed by atoms with van der Waals surface area (Å²) in [6.07, 6.45) is 0. The van der Waals surface area contributed by atoms with Crippen molar-refractivity contribution in [3.8, 4) is 0 Å². The number of rotatable bonds is 6. The number of benzene rings is 2. The predicted octanol–water partition coefficient (Wildman–Crippen LogP) is 4.13. The average Bonchev–Trinajstić information content (AvgIpc) is 3.25. The molecule has 11 heteroatoms. The van der Waals surface area contributed by atoms with Gasteiger partial charge in [0.1, 0.15) is 0 Å². The lowest BCUT2D eigenvalue weighted by molar-refractivity contribution is -0.120. The van der Waals surface area contributed by atoms with Gasteiger partial charge in [0.2, 0.25) is 0 Å². The van der Waals surface area contributed by atoms with Crippen LogP contribution in [-0.2, 0) is 14.3 Å². The van der Waals surface area contributed by atoms with Gasteiger partial charge in [-0.2, -0.15) is 0 Å². The van der Waals surface area contributed by atoms with Crippen molar-refractivity contribution >= 4 is 23.6 Å². The Bertz CT molecular complexity index is 1110. The highest BCUT2D eigenvalue weighted by Crippen LogP contribution is 2.22. The van der Waals surface area contributed by atoms with Crippen LogP contribution in [0.15, 0.2) is 48.5 Å². The summed E-state index contributed by atoms with van der Waals surface area (Å²) in [4.78, 5) is 51.2. The lowest BCUT2D eigenvalue weighted by Gasteiger charge is -2.20. The Balaban J connectivity index is 0.000000327. The maximum absolute atomic E-state index is 11.9. The third-order valence-corrected chi connectivity index (χ3v) is 4.99. The summed E-state index contributed by atoms with van der Waals surface area (Å²) in [7, 11) is 0. The molecule has 0 bridgehead atoms. The monoisotopic (exact) mass is 560 g/mol. The van der Waals surface area contributed by atoms with Crippen molar-refractivity contribution in [2.45, 2.75) is 60.2 Å². The molecule has 0 saturated heterocycles. The molecule has 0 saturated carbocycles. The number of hydrogen-bond donors (Lipinski definition) is 2. The number of aliphatic hydroxyl groups is 1. The van der Waals surface area contributed by atoms with Crippen LogP contribution in [-0.4, -0.2) is 81.7 Å². The largest absolute Gasteiger partial charge is 0.394 e. The summed E-state index contributed by atoms with van der Waals surface area (Å²) < 4.78 is 10.6. The van der Waals surface area contributed by atoms with Crippen LogP contribution in [0.1, 0.15) is 90.4 Å². The predicted molar refractivity (Wildman–Crippen MR) is 147 cm³/mol. The first-order valence-electron chi connectivity index (χ1n) is 12.3. The van der Waals surface area contributed by atoms with Crippen molar-refractivity contribution in [1.82, 2.24) is 10.1 Å². The molecule has 2 N–H and O–H groups in total. The van der Waals surface area contributed by atoms with Gasteiger partial charge in [-0.25, -0.2) is 0 Å². The molecule has 0 aromatic heterocycles. The van der Waals surface area contributed by atoms with Crippen LogP contribution in [0.5, 0.6) is 0 Å². The lowest BCUT2D eigenvalue weighted by Crippen LogP contribution is -2.32. The van der Waals surface area contributed by atoms with Gasteiger partial charge >= 0.3 is 0 Å². The first kappa shape index (κ1) is 34.5. The second-order valence-corrected chi connectivity index (χ2v) is 10.4. The molecule has 0 aliphatic carbocycles. The second-order valence-electron chi connectivity index (χ2n) is 10.4. The number of imide groups is 2. The summed E-state index contributed by atoms with van der Waals surface area (Å²) in [5.74, 6) is -2.15. The fraction of sp³-hybridized carbons (Fsp3) is 0.448. The Morgan fingerprint density at radius 2 is 0.975 bits per heavy atom. The highest BCUT2D eigenvalue weighted by atomic mass is 16.7. The minimum absolute atomic E-state index is 0. The van der Waals surface area contributed by atoms with E-state index in [0.29, 0.717) is 24.3 Å². The van der Waals surface area contributed by atoms with Crippen LogP contribution < -0.4 is 0 Å². The molecule has 40 heavy (non-hydrogen) atoms. The molecule has 0 spiro atoms. The third kappa shape index (κ3) is 9.61. The molecule has 11 nitrogen and oxygen atoms in total. The maximum Gasteiger partial charge on any atom is 0.285 e. The Hall–Kier alpha value is -3.48. The topological polar surface area (TPSA) is 143 Å². The number of fused-ring (bicyclic) bond motifs is 2.